The average Bonchev–Trinajstić information content (AvgIpc) is 2.74. The van der Waals surface area contributed by atoms with Crippen LogP contribution in [-0.2, 0) is 14.3 Å². The highest BCUT2D eigenvalue weighted by molar-refractivity contribution is 6.43. The number of carbonyl (C=O) groups is 3. The lowest BCUT2D eigenvalue weighted by molar-refractivity contribution is -0.146. The van der Waals surface area contributed by atoms with Crippen molar-refractivity contribution in [1.29, 1.82) is 0 Å². The molecule has 1 saturated heterocycles. The minimum Gasteiger partial charge on any atom is -0.480 e. The van der Waals surface area contributed by atoms with E-state index in [1.165, 1.54) is 12.1 Å². The van der Waals surface area contributed by atoms with Crippen LogP contribution < -0.4 is 10.1 Å². The summed E-state index contributed by atoms with van der Waals surface area (Å²) in [5.74, 6) is -0.726. The fourth-order valence-corrected chi connectivity index (χ4v) is 2.81. The molecule has 3 amide bonds. The van der Waals surface area contributed by atoms with E-state index in [0.717, 1.165) is 4.90 Å². The summed E-state index contributed by atoms with van der Waals surface area (Å²) in [5.41, 5.74) is -0.916. The fraction of sp³-hybridized carbons (Fsp3) is 0.438. The second-order valence-corrected chi connectivity index (χ2v) is 7.29. The monoisotopic (exact) mass is 422 g/mol. The number of hydrogen-bond donors (Lipinski definition) is 1. The number of ether oxygens (including phenoxy) is 2. The second kappa shape index (κ2) is 8.33. The molecule has 0 aromatic heterocycles. The molecule has 0 spiro atoms. The largest absolute Gasteiger partial charge is 0.480 e. The van der Waals surface area contributed by atoms with Crippen LogP contribution in [0.3, 0.4) is 0 Å². The third kappa shape index (κ3) is 4.93. The van der Waals surface area contributed by atoms with Crippen molar-refractivity contribution in [2.45, 2.75) is 25.8 Å². The highest BCUT2D eigenvalue weighted by Crippen LogP contribution is 2.33. The lowest BCUT2D eigenvalue weighted by atomic mass is 10.1. The van der Waals surface area contributed by atoms with E-state index in [2.05, 4.69) is 5.32 Å². The molecule has 1 aromatic carbocycles. The van der Waals surface area contributed by atoms with Gasteiger partial charge < -0.3 is 14.8 Å². The number of rotatable bonds is 7. The van der Waals surface area contributed by atoms with E-state index >= 15 is 0 Å². The van der Waals surface area contributed by atoms with Gasteiger partial charge in [-0.3, -0.25) is 9.69 Å². The van der Waals surface area contributed by atoms with E-state index in [1.54, 1.807) is 13.8 Å². The molecule has 1 fully saturated rings. The van der Waals surface area contributed by atoms with Crippen molar-refractivity contribution in [2.75, 3.05) is 19.8 Å². The summed E-state index contributed by atoms with van der Waals surface area (Å²) in [6.07, 6.45) is 0.314. The quantitative estimate of drug-likeness (QED) is 0.315. The minimum atomic E-state index is -0.916. The SMILES string of the molecule is CC1(C)NC(=O)N(CCCOC(=O)COc2cc(Cl)c(Cl)cc2Cl)C1=O. The first kappa shape index (κ1) is 20.6. The van der Waals surface area contributed by atoms with Crippen LogP contribution in [0.2, 0.25) is 15.1 Å². The van der Waals surface area contributed by atoms with E-state index in [4.69, 9.17) is 44.3 Å². The first-order chi connectivity index (χ1) is 12.1. The topological polar surface area (TPSA) is 84.9 Å². The molecule has 1 aromatic rings. The number of halogens is 3. The fourth-order valence-electron chi connectivity index (χ4n) is 2.22. The van der Waals surface area contributed by atoms with Gasteiger partial charge in [0.2, 0.25) is 0 Å². The Kier molecular flexibility index (Phi) is 6.60. The Morgan fingerprint density at radius 1 is 1.15 bits per heavy atom. The molecule has 26 heavy (non-hydrogen) atoms. The highest BCUT2D eigenvalue weighted by Gasteiger charge is 2.43. The molecule has 1 aliphatic rings. The van der Waals surface area contributed by atoms with Crippen molar-refractivity contribution in [3.05, 3.63) is 27.2 Å². The van der Waals surface area contributed by atoms with Gasteiger partial charge in [-0.2, -0.15) is 0 Å². The summed E-state index contributed by atoms with van der Waals surface area (Å²) < 4.78 is 10.3. The van der Waals surface area contributed by atoms with Crippen molar-refractivity contribution in [3.63, 3.8) is 0 Å². The summed E-state index contributed by atoms with van der Waals surface area (Å²) in [7, 11) is 0. The zero-order valence-electron chi connectivity index (χ0n) is 14.1. The molecule has 1 heterocycles. The molecule has 10 heteroatoms. The molecule has 7 nitrogen and oxygen atoms in total. The number of nitrogens with zero attached hydrogens (tertiary/aromatic N) is 1. The van der Waals surface area contributed by atoms with Gasteiger partial charge in [-0.15, -0.1) is 0 Å². The van der Waals surface area contributed by atoms with Gasteiger partial charge in [0.1, 0.15) is 11.3 Å². The zero-order chi connectivity index (χ0) is 19.5. The smallest absolute Gasteiger partial charge is 0.344 e. The number of hydrogen-bond acceptors (Lipinski definition) is 5. The Morgan fingerprint density at radius 2 is 1.81 bits per heavy atom. The molecule has 1 N–H and O–H groups in total. The summed E-state index contributed by atoms with van der Waals surface area (Å²) >= 11 is 17.6. The lowest BCUT2D eigenvalue weighted by Gasteiger charge is -2.15. The van der Waals surface area contributed by atoms with Gasteiger partial charge in [-0.05, 0) is 26.3 Å². The number of benzene rings is 1. The third-order valence-electron chi connectivity index (χ3n) is 3.55. The molecule has 2 rings (SSSR count). The summed E-state index contributed by atoms with van der Waals surface area (Å²) in [4.78, 5) is 36.5. The van der Waals surface area contributed by atoms with Gasteiger partial charge >= 0.3 is 12.0 Å². The van der Waals surface area contributed by atoms with Crippen molar-refractivity contribution in [3.8, 4) is 5.75 Å². The van der Waals surface area contributed by atoms with E-state index < -0.39 is 17.5 Å². The van der Waals surface area contributed by atoms with E-state index in [0.29, 0.717) is 6.42 Å². The molecule has 0 saturated carbocycles. The Labute approximate surface area is 165 Å². The lowest BCUT2D eigenvalue weighted by Crippen LogP contribution is -2.40. The summed E-state index contributed by atoms with van der Waals surface area (Å²) in [6.45, 7) is 3.07. The van der Waals surface area contributed by atoms with Crippen molar-refractivity contribution >= 4 is 52.7 Å². The molecule has 0 aliphatic carbocycles. The van der Waals surface area contributed by atoms with Crippen LogP contribution in [0.25, 0.3) is 0 Å². The zero-order valence-corrected chi connectivity index (χ0v) is 16.4. The van der Waals surface area contributed by atoms with E-state index in [9.17, 15) is 14.4 Å². The number of carbonyl (C=O) groups excluding carboxylic acids is 3. The van der Waals surface area contributed by atoms with Gasteiger partial charge in [-0.1, -0.05) is 34.8 Å². The Morgan fingerprint density at radius 3 is 2.42 bits per heavy atom. The predicted octanol–water partition coefficient (Wildman–Crippen LogP) is 3.29. The maximum atomic E-state index is 12.0. The van der Waals surface area contributed by atoms with Crippen LogP contribution in [0.15, 0.2) is 12.1 Å². The van der Waals surface area contributed by atoms with Crippen LogP contribution in [0.4, 0.5) is 4.79 Å². The maximum Gasteiger partial charge on any atom is 0.344 e. The highest BCUT2D eigenvalue weighted by atomic mass is 35.5. The summed E-state index contributed by atoms with van der Waals surface area (Å²) in [5, 5.41) is 3.31. The third-order valence-corrected chi connectivity index (χ3v) is 4.57. The standard InChI is InChI=1S/C16H17Cl3N2O5/c1-16(2)14(23)21(15(24)20-16)4-3-5-25-13(22)8-26-12-7-10(18)9(17)6-11(12)19/h6-7H,3-5,8H2,1-2H3,(H,20,24). The number of nitrogens with one attached hydrogen (secondary N) is 1. The second-order valence-electron chi connectivity index (χ2n) is 6.07. The van der Waals surface area contributed by atoms with E-state index in [1.807, 2.05) is 0 Å². The van der Waals surface area contributed by atoms with Gasteiger partial charge in [0.15, 0.2) is 6.61 Å². The number of imide groups is 1. The number of amides is 3. The Bertz CT molecular complexity index is 739. The predicted molar refractivity (Wildman–Crippen MR) is 96.9 cm³/mol. The van der Waals surface area contributed by atoms with Gasteiger partial charge in [0, 0.05) is 12.6 Å². The van der Waals surface area contributed by atoms with Crippen LogP contribution in [0.1, 0.15) is 20.3 Å². The average molecular weight is 424 g/mol. The molecule has 142 valence electrons. The van der Waals surface area contributed by atoms with Crippen LogP contribution in [0, 0.1) is 0 Å². The van der Waals surface area contributed by atoms with Crippen molar-refractivity contribution < 1.29 is 23.9 Å². The first-order valence-electron chi connectivity index (χ1n) is 7.69. The molecule has 0 bridgehead atoms. The first-order valence-corrected chi connectivity index (χ1v) is 8.82. The van der Waals surface area contributed by atoms with Crippen molar-refractivity contribution in [2.24, 2.45) is 0 Å². The van der Waals surface area contributed by atoms with E-state index in [-0.39, 0.29) is 46.5 Å². The Balaban J connectivity index is 1.72. The molecule has 0 unspecified atom stereocenters. The van der Waals surface area contributed by atoms with Crippen LogP contribution >= 0.6 is 34.8 Å². The van der Waals surface area contributed by atoms with Crippen molar-refractivity contribution in [1.82, 2.24) is 10.2 Å². The maximum absolute atomic E-state index is 12.0. The molecular weight excluding hydrogens is 407 g/mol. The molecule has 1 aliphatic heterocycles. The normalized spacial score (nSPS) is 15.8. The van der Waals surface area contributed by atoms with Crippen LogP contribution in [0.5, 0.6) is 5.75 Å². The Hall–Kier alpha value is -1.70. The van der Waals surface area contributed by atoms with Gasteiger partial charge in [0.05, 0.1) is 21.7 Å². The molecule has 0 atom stereocenters. The summed E-state index contributed by atoms with van der Waals surface area (Å²) in [6, 6.07) is 2.36. The number of esters is 1. The van der Waals surface area contributed by atoms with Gasteiger partial charge in [0.25, 0.3) is 5.91 Å². The minimum absolute atomic E-state index is 0.0365. The van der Waals surface area contributed by atoms with Gasteiger partial charge in [-0.25, -0.2) is 9.59 Å². The molecule has 0 radical (unpaired) electrons. The molecular formula is C16H17Cl3N2O5. The number of urea groups is 1. The van der Waals surface area contributed by atoms with Crippen LogP contribution in [-0.4, -0.2) is 48.1 Å².